The van der Waals surface area contributed by atoms with Gasteiger partial charge in [0.2, 0.25) is 0 Å². The van der Waals surface area contributed by atoms with Crippen LogP contribution in [0.3, 0.4) is 0 Å². The second-order valence-electron chi connectivity index (χ2n) is 1.95. The minimum absolute atomic E-state index is 0.0461. The van der Waals surface area contributed by atoms with Gasteiger partial charge in [-0.15, -0.1) is 0 Å². The zero-order valence-corrected chi connectivity index (χ0v) is 6.10. The maximum absolute atomic E-state index is 8.41. The largest absolute Gasteiger partial charge is 0.244 e. The van der Waals surface area contributed by atoms with Gasteiger partial charge < -0.3 is 0 Å². The number of allylic oxidation sites excluding steroid dienone is 1. The lowest BCUT2D eigenvalue weighted by Crippen LogP contribution is -1.80. The molecule has 0 unspecified atom stereocenters. The van der Waals surface area contributed by atoms with Gasteiger partial charge in [0, 0.05) is 18.0 Å². The van der Waals surface area contributed by atoms with Crippen molar-refractivity contribution in [1.82, 2.24) is 9.97 Å². The molecule has 0 atom stereocenters. The van der Waals surface area contributed by atoms with Gasteiger partial charge in [0.05, 0.1) is 0 Å². The Balaban J connectivity index is 2.98. The maximum Gasteiger partial charge on any atom is 0.130 e. The van der Waals surface area contributed by atoms with E-state index in [1.165, 1.54) is 24.8 Å². The Morgan fingerprint density at radius 3 is 2.33 bits per heavy atom. The second kappa shape index (κ2) is 3.85. The number of hydrogen-bond donors (Lipinski definition) is 0. The van der Waals surface area contributed by atoms with Gasteiger partial charge in [0.1, 0.15) is 24.0 Å². The molecule has 1 aromatic heterocycles. The van der Waals surface area contributed by atoms with Crippen molar-refractivity contribution in [2.45, 2.75) is 0 Å². The summed E-state index contributed by atoms with van der Waals surface area (Å²) in [6.45, 7) is 0. The summed E-state index contributed by atoms with van der Waals surface area (Å²) in [6.07, 6.45) is 5.87. The van der Waals surface area contributed by atoms with Gasteiger partial charge in [-0.2, -0.15) is 10.5 Å². The number of aromatic nitrogens is 2. The number of nitrogens with zero attached hydrogens (tertiary/aromatic N) is 4. The molecule has 4 nitrogen and oxygen atoms in total. The van der Waals surface area contributed by atoms with E-state index in [2.05, 4.69) is 9.97 Å². The molecule has 0 aliphatic carbocycles. The first kappa shape index (κ1) is 7.90. The molecule has 1 aromatic rings. The molecule has 0 saturated carbocycles. The van der Waals surface area contributed by atoms with Crippen molar-refractivity contribution in [3.8, 4) is 12.1 Å². The number of rotatable bonds is 1. The van der Waals surface area contributed by atoms with Crippen LogP contribution in [-0.4, -0.2) is 9.97 Å². The van der Waals surface area contributed by atoms with Crippen LogP contribution in [0.15, 0.2) is 24.3 Å². The maximum atomic E-state index is 8.41. The van der Waals surface area contributed by atoms with Gasteiger partial charge in [-0.3, -0.25) is 0 Å². The first-order valence-electron chi connectivity index (χ1n) is 3.13. The van der Waals surface area contributed by atoms with E-state index in [1.54, 1.807) is 12.1 Å². The highest BCUT2D eigenvalue weighted by atomic mass is 14.8. The molecule has 56 valence electrons. The van der Waals surface area contributed by atoms with E-state index in [0.717, 1.165) is 0 Å². The van der Waals surface area contributed by atoms with Crippen molar-refractivity contribution in [2.75, 3.05) is 0 Å². The van der Waals surface area contributed by atoms with Gasteiger partial charge in [-0.1, -0.05) is 0 Å². The minimum atomic E-state index is 0.0461. The lowest BCUT2D eigenvalue weighted by molar-refractivity contribution is 1.16. The highest BCUT2D eigenvalue weighted by Crippen LogP contribution is 2.01. The lowest BCUT2D eigenvalue weighted by Gasteiger charge is -1.87. The summed E-state index contributed by atoms with van der Waals surface area (Å²) in [4.78, 5) is 7.46. The summed E-state index contributed by atoms with van der Waals surface area (Å²) < 4.78 is 0. The molecule has 0 aromatic carbocycles. The van der Waals surface area contributed by atoms with Crippen LogP contribution >= 0.6 is 0 Å². The molecule has 0 bridgehead atoms. The molecule has 0 saturated heterocycles. The summed E-state index contributed by atoms with van der Waals surface area (Å²) in [7, 11) is 0. The zero-order chi connectivity index (χ0) is 8.81. The zero-order valence-electron chi connectivity index (χ0n) is 6.10. The summed E-state index contributed by atoms with van der Waals surface area (Å²) in [5, 5.41) is 16.8. The Kier molecular flexibility index (Phi) is 2.53. The fourth-order valence-corrected chi connectivity index (χ4v) is 0.641. The molecule has 0 aliphatic heterocycles. The molecule has 0 aliphatic rings. The fourth-order valence-electron chi connectivity index (χ4n) is 0.641. The van der Waals surface area contributed by atoms with Gasteiger partial charge >= 0.3 is 0 Å². The SMILES string of the molecule is N#CC(C#N)=Cc1cncnc1. The average molecular weight is 156 g/mol. The quantitative estimate of drug-likeness (QED) is 0.566. The van der Waals surface area contributed by atoms with Crippen molar-refractivity contribution in [2.24, 2.45) is 0 Å². The van der Waals surface area contributed by atoms with Gasteiger partial charge in [-0.05, 0) is 6.08 Å². The predicted octanol–water partition coefficient (Wildman–Crippen LogP) is 0.907. The van der Waals surface area contributed by atoms with Gasteiger partial charge in [-0.25, -0.2) is 9.97 Å². The van der Waals surface area contributed by atoms with E-state index >= 15 is 0 Å². The molecule has 12 heavy (non-hydrogen) atoms. The molecular formula is C8H4N4. The Labute approximate surface area is 69.4 Å². The summed E-state index contributed by atoms with van der Waals surface area (Å²) >= 11 is 0. The van der Waals surface area contributed by atoms with E-state index < -0.39 is 0 Å². The normalized spacial score (nSPS) is 7.83. The summed E-state index contributed by atoms with van der Waals surface area (Å²) in [5.74, 6) is 0. The molecule has 0 radical (unpaired) electrons. The highest BCUT2D eigenvalue weighted by molar-refractivity contribution is 5.60. The minimum Gasteiger partial charge on any atom is -0.244 e. The number of nitriles is 2. The molecule has 1 heterocycles. The first-order valence-corrected chi connectivity index (χ1v) is 3.13. The third-order valence-electron chi connectivity index (χ3n) is 1.13. The highest BCUT2D eigenvalue weighted by Gasteiger charge is 1.92. The van der Waals surface area contributed by atoms with Gasteiger partial charge in [0.25, 0.3) is 0 Å². The van der Waals surface area contributed by atoms with Crippen LogP contribution in [0.4, 0.5) is 0 Å². The molecule has 4 heteroatoms. The summed E-state index contributed by atoms with van der Waals surface area (Å²) in [6, 6.07) is 3.49. The van der Waals surface area contributed by atoms with Crippen LogP contribution in [0, 0.1) is 22.7 Å². The second-order valence-corrected chi connectivity index (χ2v) is 1.95. The smallest absolute Gasteiger partial charge is 0.130 e. The van der Waals surface area contributed by atoms with Crippen LogP contribution in [0.25, 0.3) is 6.08 Å². The molecule has 0 N–H and O–H groups in total. The third kappa shape index (κ3) is 1.89. The predicted molar refractivity (Wildman–Crippen MR) is 41.2 cm³/mol. The Morgan fingerprint density at radius 1 is 1.25 bits per heavy atom. The lowest BCUT2D eigenvalue weighted by atomic mass is 10.2. The Hall–Kier alpha value is -2.20. The van der Waals surface area contributed by atoms with Crippen LogP contribution < -0.4 is 0 Å². The van der Waals surface area contributed by atoms with Crippen molar-refractivity contribution in [3.05, 3.63) is 29.9 Å². The summed E-state index contributed by atoms with van der Waals surface area (Å²) in [5.41, 5.74) is 0.695. The standard InChI is InChI=1S/C8H4N4/c9-2-7(3-10)1-8-4-11-6-12-5-8/h1,4-6H. The Morgan fingerprint density at radius 2 is 1.83 bits per heavy atom. The van der Waals surface area contributed by atoms with Crippen molar-refractivity contribution >= 4 is 6.08 Å². The van der Waals surface area contributed by atoms with Crippen LogP contribution in [-0.2, 0) is 0 Å². The number of hydrogen-bond acceptors (Lipinski definition) is 4. The van der Waals surface area contributed by atoms with Gasteiger partial charge in [0.15, 0.2) is 0 Å². The van der Waals surface area contributed by atoms with Crippen molar-refractivity contribution < 1.29 is 0 Å². The van der Waals surface area contributed by atoms with Crippen LogP contribution in [0.2, 0.25) is 0 Å². The van der Waals surface area contributed by atoms with E-state index in [-0.39, 0.29) is 5.57 Å². The molecule has 1 rings (SSSR count). The Bertz CT molecular complexity index is 350. The van der Waals surface area contributed by atoms with E-state index in [4.69, 9.17) is 10.5 Å². The average Bonchev–Trinajstić information content (AvgIpc) is 2.16. The topological polar surface area (TPSA) is 73.4 Å². The third-order valence-corrected chi connectivity index (χ3v) is 1.13. The monoisotopic (exact) mass is 156 g/mol. The van der Waals surface area contributed by atoms with Crippen LogP contribution in [0.1, 0.15) is 5.56 Å². The fraction of sp³-hybridized carbons (Fsp3) is 0. The molecule has 0 spiro atoms. The first-order chi connectivity index (χ1) is 5.86. The van der Waals surface area contributed by atoms with Crippen LogP contribution in [0.5, 0.6) is 0 Å². The molecular weight excluding hydrogens is 152 g/mol. The van der Waals surface area contributed by atoms with E-state index in [0.29, 0.717) is 5.56 Å². The van der Waals surface area contributed by atoms with Crippen molar-refractivity contribution in [3.63, 3.8) is 0 Å². The van der Waals surface area contributed by atoms with Crippen molar-refractivity contribution in [1.29, 1.82) is 10.5 Å². The molecule has 0 fully saturated rings. The van der Waals surface area contributed by atoms with E-state index in [1.807, 2.05) is 0 Å². The van der Waals surface area contributed by atoms with E-state index in [9.17, 15) is 0 Å². The molecule has 0 amide bonds.